The molecule has 0 radical (unpaired) electrons. The van der Waals surface area contributed by atoms with Gasteiger partial charge in [0.2, 0.25) is 11.8 Å². The van der Waals surface area contributed by atoms with Crippen LogP contribution in [-0.2, 0) is 14.4 Å². The second-order valence-corrected chi connectivity index (χ2v) is 9.40. The number of allylic oxidation sites excluding steroid dienone is 2. The van der Waals surface area contributed by atoms with E-state index in [-0.39, 0.29) is 42.1 Å². The Balaban J connectivity index is 1.31. The number of fused-ring (bicyclic) bond motifs is 2. The number of hydrazone groups is 1. The van der Waals surface area contributed by atoms with Crippen LogP contribution in [-0.4, -0.2) is 39.9 Å². The first-order valence-electron chi connectivity index (χ1n) is 12.0. The number of likely N-dealkylation sites (tertiary alicyclic amines) is 1. The molecule has 0 unspecified atom stereocenters. The Bertz CT molecular complexity index is 1370. The van der Waals surface area contributed by atoms with Gasteiger partial charge >= 0.3 is 0 Å². The average Bonchev–Trinajstić information content (AvgIpc) is 3.45. The van der Waals surface area contributed by atoms with Crippen molar-refractivity contribution in [3.8, 4) is 0 Å². The predicted molar refractivity (Wildman–Crippen MR) is 133 cm³/mol. The van der Waals surface area contributed by atoms with Crippen molar-refractivity contribution in [2.45, 2.75) is 25.3 Å². The van der Waals surface area contributed by atoms with Gasteiger partial charge in [0, 0.05) is 6.42 Å². The average molecular weight is 464 g/mol. The molecule has 6 heteroatoms. The molecule has 6 rings (SSSR count). The topological polar surface area (TPSA) is 70.1 Å². The predicted octanol–water partition coefficient (Wildman–Crippen LogP) is 4.47. The molecule has 174 valence electrons. The van der Waals surface area contributed by atoms with E-state index in [4.69, 9.17) is 5.10 Å². The molecular formula is C29H25N3O3. The van der Waals surface area contributed by atoms with Crippen LogP contribution < -0.4 is 0 Å². The molecule has 3 aromatic carbocycles. The molecule has 35 heavy (non-hydrogen) atoms. The number of amides is 3. The molecule has 1 saturated heterocycles. The number of nitrogens with zero attached hydrogens (tertiary/aromatic N) is 3. The SMILES string of the molecule is O=C1[C@H]2CC=CC[C@H]2C(=O)N1CC(=O)N1N=C(c2ccc3ccccc3c2)C[C@H]1c1ccccc1. The first-order chi connectivity index (χ1) is 17.1. The summed E-state index contributed by atoms with van der Waals surface area (Å²) in [5, 5.41) is 8.47. The zero-order valence-electron chi connectivity index (χ0n) is 19.2. The maximum atomic E-state index is 13.5. The van der Waals surface area contributed by atoms with Gasteiger partial charge in [0.1, 0.15) is 6.54 Å². The van der Waals surface area contributed by atoms with E-state index in [1.165, 1.54) is 5.01 Å². The lowest BCUT2D eigenvalue weighted by Gasteiger charge is -2.24. The third-order valence-electron chi connectivity index (χ3n) is 7.33. The molecule has 1 aliphatic carbocycles. The fourth-order valence-electron chi connectivity index (χ4n) is 5.45. The van der Waals surface area contributed by atoms with Crippen molar-refractivity contribution in [1.29, 1.82) is 0 Å². The van der Waals surface area contributed by atoms with Crippen molar-refractivity contribution >= 4 is 34.2 Å². The minimum Gasteiger partial charge on any atom is -0.274 e. The minimum atomic E-state index is -0.347. The summed E-state index contributed by atoms with van der Waals surface area (Å²) in [6.45, 7) is -0.275. The lowest BCUT2D eigenvalue weighted by Crippen LogP contribution is -2.41. The molecule has 0 saturated carbocycles. The first-order valence-corrected chi connectivity index (χ1v) is 12.0. The van der Waals surface area contributed by atoms with E-state index in [2.05, 4.69) is 24.3 Å². The molecule has 3 aliphatic rings. The molecule has 3 atom stereocenters. The molecule has 0 N–H and O–H groups in total. The highest BCUT2D eigenvalue weighted by Crippen LogP contribution is 2.37. The van der Waals surface area contributed by atoms with E-state index in [1.54, 1.807) is 0 Å². The Morgan fingerprint density at radius 3 is 2.20 bits per heavy atom. The van der Waals surface area contributed by atoms with E-state index < -0.39 is 0 Å². The van der Waals surface area contributed by atoms with Crippen LogP contribution in [0.2, 0.25) is 0 Å². The lowest BCUT2D eigenvalue weighted by atomic mass is 9.85. The summed E-state index contributed by atoms with van der Waals surface area (Å²) >= 11 is 0. The van der Waals surface area contributed by atoms with Crippen molar-refractivity contribution in [3.05, 3.63) is 96.1 Å². The van der Waals surface area contributed by atoms with Gasteiger partial charge in [-0.2, -0.15) is 5.10 Å². The largest absolute Gasteiger partial charge is 0.274 e. The summed E-state index contributed by atoms with van der Waals surface area (Å²) < 4.78 is 0. The van der Waals surface area contributed by atoms with E-state index in [1.807, 2.05) is 60.7 Å². The maximum Gasteiger partial charge on any atom is 0.263 e. The van der Waals surface area contributed by atoms with E-state index in [0.717, 1.165) is 32.5 Å². The summed E-state index contributed by atoms with van der Waals surface area (Å²) in [6.07, 6.45) is 5.57. The molecule has 0 bridgehead atoms. The van der Waals surface area contributed by atoms with E-state index in [9.17, 15) is 14.4 Å². The fourth-order valence-corrected chi connectivity index (χ4v) is 5.45. The lowest BCUT2D eigenvalue weighted by molar-refractivity contribution is -0.147. The van der Waals surface area contributed by atoms with Crippen molar-refractivity contribution in [1.82, 2.24) is 9.91 Å². The second kappa shape index (κ2) is 8.62. The monoisotopic (exact) mass is 463 g/mol. The van der Waals surface area contributed by atoms with Gasteiger partial charge in [-0.25, -0.2) is 5.01 Å². The Kier molecular flexibility index (Phi) is 5.29. The Labute approximate surface area is 203 Å². The van der Waals surface area contributed by atoms with E-state index >= 15 is 0 Å². The summed E-state index contributed by atoms with van der Waals surface area (Å²) in [5.41, 5.74) is 2.75. The third kappa shape index (κ3) is 3.75. The second-order valence-electron chi connectivity index (χ2n) is 9.40. The Morgan fingerprint density at radius 1 is 0.829 bits per heavy atom. The van der Waals surface area contributed by atoms with Crippen LogP contribution in [0.1, 0.15) is 36.4 Å². The standard InChI is InChI=1S/C29H25N3O3/c33-27(18-31-28(34)23-12-6-7-13-24(23)29(31)35)32-26(20-9-2-1-3-10-20)17-25(30-32)22-15-14-19-8-4-5-11-21(19)16-22/h1-11,14-16,23-24,26H,12-13,17-18H2/t23-,24+,26-/m0/s1. The zero-order valence-corrected chi connectivity index (χ0v) is 19.2. The maximum absolute atomic E-state index is 13.5. The first kappa shape index (κ1) is 21.5. The molecule has 6 nitrogen and oxygen atoms in total. The van der Waals surface area contributed by atoms with E-state index in [0.29, 0.717) is 19.3 Å². The summed E-state index contributed by atoms with van der Waals surface area (Å²) in [4.78, 5) is 40.5. The number of hydrogen-bond acceptors (Lipinski definition) is 4. The van der Waals surface area contributed by atoms with Crippen molar-refractivity contribution < 1.29 is 14.4 Å². The quantitative estimate of drug-likeness (QED) is 0.424. The molecule has 0 aromatic heterocycles. The molecule has 2 heterocycles. The van der Waals surface area contributed by atoms with Gasteiger partial charge in [-0.1, -0.05) is 78.9 Å². The van der Waals surface area contributed by atoms with Crippen LogP contribution in [0, 0.1) is 11.8 Å². The Morgan fingerprint density at radius 2 is 1.49 bits per heavy atom. The molecule has 0 spiro atoms. The van der Waals surface area contributed by atoms with Gasteiger partial charge in [-0.05, 0) is 40.8 Å². The number of benzene rings is 3. The number of carbonyl (C=O) groups excluding carboxylic acids is 3. The van der Waals surface area contributed by atoms with Gasteiger partial charge in [0.05, 0.1) is 23.6 Å². The fraction of sp³-hybridized carbons (Fsp3) is 0.241. The van der Waals surface area contributed by atoms with Gasteiger partial charge in [0.15, 0.2) is 0 Å². The summed E-state index contributed by atoms with van der Waals surface area (Å²) in [7, 11) is 0. The highest BCUT2D eigenvalue weighted by atomic mass is 16.2. The molecule has 3 aromatic rings. The van der Waals surface area contributed by atoms with Gasteiger partial charge in [0.25, 0.3) is 5.91 Å². The third-order valence-corrected chi connectivity index (χ3v) is 7.33. The van der Waals surface area contributed by atoms with Crippen LogP contribution in [0.4, 0.5) is 0 Å². The van der Waals surface area contributed by atoms with Crippen molar-refractivity contribution in [3.63, 3.8) is 0 Å². The Hall–Kier alpha value is -4.06. The number of rotatable bonds is 4. The molecule has 2 aliphatic heterocycles. The minimum absolute atomic E-state index is 0.244. The normalized spacial score (nSPS) is 23.7. The van der Waals surface area contributed by atoms with Crippen LogP contribution in [0.25, 0.3) is 10.8 Å². The molecule has 3 amide bonds. The van der Waals surface area contributed by atoms with Gasteiger partial charge in [-0.15, -0.1) is 0 Å². The van der Waals surface area contributed by atoms with Crippen LogP contribution in [0.5, 0.6) is 0 Å². The van der Waals surface area contributed by atoms with Gasteiger partial charge in [-0.3, -0.25) is 19.3 Å². The van der Waals surface area contributed by atoms with Gasteiger partial charge < -0.3 is 0 Å². The molecular weight excluding hydrogens is 438 g/mol. The van der Waals surface area contributed by atoms with Crippen LogP contribution in [0.15, 0.2) is 90.0 Å². The number of carbonyl (C=O) groups is 3. The highest BCUT2D eigenvalue weighted by Gasteiger charge is 2.48. The summed E-state index contributed by atoms with van der Waals surface area (Å²) in [5.74, 6) is -1.53. The van der Waals surface area contributed by atoms with Crippen molar-refractivity contribution in [2.75, 3.05) is 6.54 Å². The number of hydrogen-bond donors (Lipinski definition) is 0. The summed E-state index contributed by atoms with van der Waals surface area (Å²) in [6, 6.07) is 23.8. The smallest absolute Gasteiger partial charge is 0.263 e. The van der Waals surface area contributed by atoms with Crippen molar-refractivity contribution in [2.24, 2.45) is 16.9 Å². The van der Waals surface area contributed by atoms with Crippen LogP contribution >= 0.6 is 0 Å². The highest BCUT2D eigenvalue weighted by molar-refractivity contribution is 6.09. The van der Waals surface area contributed by atoms with Crippen LogP contribution in [0.3, 0.4) is 0 Å². The zero-order chi connectivity index (χ0) is 23.9. The molecule has 1 fully saturated rings. The number of imide groups is 1.